The molecule has 0 aromatic carbocycles. The number of carbonyl (C=O) groups excluding carboxylic acids is 1. The van der Waals surface area contributed by atoms with Crippen LogP contribution in [-0.4, -0.2) is 67.6 Å². The van der Waals surface area contributed by atoms with E-state index in [1.165, 1.54) is 6.92 Å². The molecule has 164 valence electrons. The molecule has 4 aliphatic carbocycles. The molecule has 1 spiro atoms. The minimum absolute atomic E-state index is 0.175. The predicted octanol–water partition coefficient (Wildman–Crippen LogP) is 0.755. The second-order valence-electron chi connectivity index (χ2n) is 11.5. The van der Waals surface area contributed by atoms with E-state index in [1.54, 1.807) is 13.8 Å². The molecule has 0 aromatic heterocycles. The van der Waals surface area contributed by atoms with Crippen LogP contribution in [0.1, 0.15) is 60.3 Å². The van der Waals surface area contributed by atoms with E-state index in [4.69, 9.17) is 9.47 Å². The third-order valence-electron chi connectivity index (χ3n) is 9.66. The van der Waals surface area contributed by atoms with Crippen molar-refractivity contribution in [3.8, 4) is 0 Å². The van der Waals surface area contributed by atoms with E-state index < -0.39 is 51.7 Å². The summed E-state index contributed by atoms with van der Waals surface area (Å²) in [5, 5.41) is 46.6. The number of rotatable bonds is 1. The minimum Gasteiger partial charge on any atom is -0.462 e. The van der Waals surface area contributed by atoms with Gasteiger partial charge in [0.15, 0.2) is 0 Å². The zero-order valence-electron chi connectivity index (χ0n) is 17.9. The van der Waals surface area contributed by atoms with Crippen molar-refractivity contribution < 1.29 is 34.7 Å². The van der Waals surface area contributed by atoms with Gasteiger partial charge in [0.2, 0.25) is 0 Å². The van der Waals surface area contributed by atoms with E-state index in [0.29, 0.717) is 19.3 Å². The molecule has 29 heavy (non-hydrogen) atoms. The maximum absolute atomic E-state index is 12.0. The van der Waals surface area contributed by atoms with Crippen LogP contribution in [0.5, 0.6) is 0 Å². The molecule has 0 unspecified atom stereocenters. The van der Waals surface area contributed by atoms with Gasteiger partial charge in [0.1, 0.15) is 11.7 Å². The SMILES string of the molecule is CC(=O)O[C@H]1[C@@H]2CC[C@@H]3[C@](C)(O)[C@H]4[C@H]5O[C@H]5C(C)(C)[C@]4(O)[C@@H](O)C[C@@]31C[C@]2(C)O. The average Bonchev–Trinajstić information content (AvgIpc) is 3.29. The topological polar surface area (TPSA) is 120 Å². The summed E-state index contributed by atoms with van der Waals surface area (Å²) in [6, 6.07) is 0. The highest BCUT2D eigenvalue weighted by Gasteiger charge is 2.83. The fourth-order valence-electron chi connectivity index (χ4n) is 8.61. The van der Waals surface area contributed by atoms with Crippen molar-refractivity contribution in [3.63, 3.8) is 0 Å². The molecule has 1 aliphatic heterocycles. The fraction of sp³-hybridized carbons (Fsp3) is 0.955. The molecule has 2 bridgehead atoms. The van der Waals surface area contributed by atoms with Crippen molar-refractivity contribution in [3.05, 3.63) is 0 Å². The molecular formula is C22H34O7. The predicted molar refractivity (Wildman–Crippen MR) is 102 cm³/mol. The van der Waals surface area contributed by atoms with Crippen LogP contribution < -0.4 is 0 Å². The standard InChI is InChI=1S/C22H34O7/c1-10(23)28-16-11-6-7-12-20(5,26)15-14-17(29-14)18(2,3)22(15,27)13(24)8-21(12,16)9-19(11,4)25/h11-17,24-27H,6-9H2,1-5H3/t11-,12+,13-,14+,15+,16-,17+,19-,20-,21+,22-/m0/s1. The van der Waals surface area contributed by atoms with Crippen molar-refractivity contribution in [2.24, 2.45) is 28.6 Å². The number of esters is 1. The second-order valence-corrected chi connectivity index (χ2v) is 11.5. The van der Waals surface area contributed by atoms with E-state index in [-0.39, 0.29) is 30.5 Å². The zero-order chi connectivity index (χ0) is 21.4. The molecule has 5 aliphatic rings. The summed E-state index contributed by atoms with van der Waals surface area (Å²) in [5.41, 5.74) is -5.47. The molecular weight excluding hydrogens is 376 g/mol. The van der Waals surface area contributed by atoms with Crippen molar-refractivity contribution in [1.82, 2.24) is 0 Å². The monoisotopic (exact) mass is 410 g/mol. The summed E-state index contributed by atoms with van der Waals surface area (Å²) in [5.74, 6) is -1.66. The summed E-state index contributed by atoms with van der Waals surface area (Å²) in [7, 11) is 0. The summed E-state index contributed by atoms with van der Waals surface area (Å²) < 4.78 is 11.6. The van der Waals surface area contributed by atoms with Gasteiger partial charge >= 0.3 is 5.97 Å². The van der Waals surface area contributed by atoms with Gasteiger partial charge in [-0.3, -0.25) is 4.79 Å². The number of aliphatic hydroxyl groups is 4. The largest absolute Gasteiger partial charge is 0.462 e. The van der Waals surface area contributed by atoms with Crippen molar-refractivity contribution in [2.75, 3.05) is 0 Å². The number of ether oxygens (including phenoxy) is 2. The van der Waals surface area contributed by atoms with Gasteiger partial charge in [-0.1, -0.05) is 13.8 Å². The molecule has 4 saturated carbocycles. The first kappa shape index (κ1) is 20.2. The molecule has 0 aromatic rings. The molecule has 0 amide bonds. The Morgan fingerprint density at radius 1 is 1.10 bits per heavy atom. The van der Waals surface area contributed by atoms with Gasteiger partial charge in [-0.05, 0) is 45.4 Å². The van der Waals surface area contributed by atoms with Crippen LogP contribution in [0.2, 0.25) is 0 Å². The number of fused-ring (bicyclic) bond motifs is 4. The third-order valence-corrected chi connectivity index (χ3v) is 9.66. The van der Waals surface area contributed by atoms with Gasteiger partial charge in [0.05, 0.1) is 29.5 Å². The van der Waals surface area contributed by atoms with Crippen LogP contribution in [0.15, 0.2) is 0 Å². The highest BCUT2D eigenvalue weighted by Crippen LogP contribution is 2.73. The third kappa shape index (κ3) is 2.14. The van der Waals surface area contributed by atoms with Crippen LogP contribution >= 0.6 is 0 Å². The highest BCUT2D eigenvalue weighted by atomic mass is 16.6. The Labute approximate surface area is 171 Å². The molecule has 7 heteroatoms. The van der Waals surface area contributed by atoms with Gasteiger partial charge in [-0.2, -0.15) is 0 Å². The Morgan fingerprint density at radius 2 is 1.76 bits per heavy atom. The number of carbonyl (C=O) groups is 1. The van der Waals surface area contributed by atoms with Crippen LogP contribution in [0.3, 0.4) is 0 Å². The van der Waals surface area contributed by atoms with E-state index in [9.17, 15) is 25.2 Å². The molecule has 1 saturated heterocycles. The lowest BCUT2D eigenvalue weighted by Crippen LogP contribution is -2.63. The zero-order valence-corrected chi connectivity index (χ0v) is 17.9. The lowest BCUT2D eigenvalue weighted by atomic mass is 9.57. The van der Waals surface area contributed by atoms with Crippen molar-refractivity contribution >= 4 is 5.97 Å². The van der Waals surface area contributed by atoms with Crippen LogP contribution in [-0.2, 0) is 14.3 Å². The summed E-state index contributed by atoms with van der Waals surface area (Å²) in [4.78, 5) is 12.0. The summed E-state index contributed by atoms with van der Waals surface area (Å²) in [6.07, 6.45) is -0.470. The smallest absolute Gasteiger partial charge is 0.302 e. The Hall–Kier alpha value is -0.730. The molecule has 4 N–H and O–H groups in total. The maximum atomic E-state index is 12.0. The van der Waals surface area contributed by atoms with Crippen molar-refractivity contribution in [2.45, 2.75) is 102 Å². The van der Waals surface area contributed by atoms with Crippen LogP contribution in [0, 0.1) is 28.6 Å². The quantitative estimate of drug-likeness (QED) is 0.372. The van der Waals surface area contributed by atoms with Crippen molar-refractivity contribution in [1.29, 1.82) is 0 Å². The number of aliphatic hydroxyl groups excluding tert-OH is 1. The molecule has 1 heterocycles. The van der Waals surface area contributed by atoms with Gasteiger partial charge in [-0.15, -0.1) is 0 Å². The lowest BCUT2D eigenvalue weighted by Gasteiger charge is -2.52. The van der Waals surface area contributed by atoms with Crippen LogP contribution in [0.25, 0.3) is 0 Å². The van der Waals surface area contributed by atoms with Gasteiger partial charge in [0, 0.05) is 29.6 Å². The summed E-state index contributed by atoms with van der Waals surface area (Å²) in [6.45, 7) is 8.64. The summed E-state index contributed by atoms with van der Waals surface area (Å²) >= 11 is 0. The normalized spacial score (nSPS) is 61.9. The molecule has 7 nitrogen and oxygen atoms in total. The van der Waals surface area contributed by atoms with Gasteiger partial charge in [-0.25, -0.2) is 0 Å². The molecule has 5 rings (SSSR count). The molecule has 0 radical (unpaired) electrons. The van der Waals surface area contributed by atoms with E-state index in [0.717, 1.165) is 0 Å². The van der Waals surface area contributed by atoms with E-state index in [1.807, 2.05) is 13.8 Å². The first-order valence-corrected chi connectivity index (χ1v) is 10.9. The van der Waals surface area contributed by atoms with E-state index >= 15 is 0 Å². The molecule has 11 atom stereocenters. The Balaban J connectivity index is 1.69. The van der Waals surface area contributed by atoms with Gasteiger partial charge in [0.25, 0.3) is 0 Å². The number of hydrogen-bond acceptors (Lipinski definition) is 7. The Morgan fingerprint density at radius 3 is 2.38 bits per heavy atom. The number of epoxide rings is 1. The first-order chi connectivity index (χ1) is 13.2. The van der Waals surface area contributed by atoms with Crippen LogP contribution in [0.4, 0.5) is 0 Å². The maximum Gasteiger partial charge on any atom is 0.302 e. The minimum atomic E-state index is -1.53. The Bertz CT molecular complexity index is 760. The number of hydrogen-bond donors (Lipinski definition) is 4. The first-order valence-electron chi connectivity index (χ1n) is 10.9. The Kier molecular flexibility index (Phi) is 3.73. The fourth-order valence-corrected chi connectivity index (χ4v) is 8.61. The lowest BCUT2D eigenvalue weighted by molar-refractivity contribution is -0.223. The average molecular weight is 411 g/mol. The molecule has 5 fully saturated rings. The van der Waals surface area contributed by atoms with E-state index in [2.05, 4.69) is 0 Å². The van der Waals surface area contributed by atoms with Gasteiger partial charge < -0.3 is 29.9 Å². The second kappa shape index (κ2) is 5.36. The highest BCUT2D eigenvalue weighted by molar-refractivity contribution is 5.66.